The van der Waals surface area contributed by atoms with Crippen LogP contribution in [0, 0.1) is 0 Å². The zero-order chi connectivity index (χ0) is 12.3. The second-order valence-corrected chi connectivity index (χ2v) is 4.96. The van der Waals surface area contributed by atoms with E-state index in [1.165, 1.54) is 32.6 Å². The van der Waals surface area contributed by atoms with E-state index in [1.807, 2.05) is 0 Å². The molecule has 0 amide bonds. The Bertz CT molecular complexity index is 818. The first-order valence-corrected chi connectivity index (χ1v) is 6.17. The van der Waals surface area contributed by atoms with Gasteiger partial charge < -0.3 is 0 Å². The van der Waals surface area contributed by atoms with Crippen molar-refractivity contribution in [1.82, 2.24) is 0 Å². The summed E-state index contributed by atoms with van der Waals surface area (Å²) in [6.07, 6.45) is 4.42. The van der Waals surface area contributed by atoms with Crippen LogP contribution >= 0.6 is 0 Å². The largest absolute Gasteiger partial charge is 0.213 e. The summed E-state index contributed by atoms with van der Waals surface area (Å²) in [7, 11) is 4.23. The van der Waals surface area contributed by atoms with Gasteiger partial charge in [-0.05, 0) is 12.1 Å². The summed E-state index contributed by atoms with van der Waals surface area (Å²) < 4.78 is 4.42. The molecule has 2 heterocycles. The summed E-state index contributed by atoms with van der Waals surface area (Å²) in [6, 6.07) is 13.0. The van der Waals surface area contributed by atoms with Crippen molar-refractivity contribution in [2.75, 3.05) is 0 Å². The minimum atomic E-state index is 1.29. The fourth-order valence-corrected chi connectivity index (χ4v) is 3.02. The van der Waals surface area contributed by atoms with E-state index < -0.39 is 0 Å². The standard InChI is InChI=1S/C16H14N2/c1-17-9-11-5-4-8-14-16(11)15-12(10-18(14)2)6-3-7-13(15)17/h3-10H,1-2H3/q+2. The number of aromatic nitrogens is 2. The van der Waals surface area contributed by atoms with E-state index in [-0.39, 0.29) is 0 Å². The maximum atomic E-state index is 2.21. The molecule has 4 aromatic rings. The number of hydrogen-bond donors (Lipinski definition) is 0. The lowest BCUT2D eigenvalue weighted by Gasteiger charge is -2.06. The van der Waals surface area contributed by atoms with E-state index in [2.05, 4.69) is 72.0 Å². The van der Waals surface area contributed by atoms with Crippen molar-refractivity contribution in [2.45, 2.75) is 0 Å². The highest BCUT2D eigenvalue weighted by atomic mass is 14.9. The van der Waals surface area contributed by atoms with Crippen LogP contribution in [0.5, 0.6) is 0 Å². The third-order valence-corrected chi connectivity index (χ3v) is 3.82. The third-order valence-electron chi connectivity index (χ3n) is 3.82. The van der Waals surface area contributed by atoms with Crippen molar-refractivity contribution in [2.24, 2.45) is 14.1 Å². The predicted molar refractivity (Wildman–Crippen MR) is 72.5 cm³/mol. The molecule has 0 saturated heterocycles. The number of aryl methyl sites for hydroxylation is 2. The predicted octanol–water partition coefficient (Wildman–Crippen LogP) is 2.23. The van der Waals surface area contributed by atoms with Gasteiger partial charge in [0.2, 0.25) is 11.0 Å². The molecule has 0 N–H and O–H groups in total. The lowest BCUT2D eigenvalue weighted by molar-refractivity contribution is -0.645. The normalized spacial score (nSPS) is 11.9. The van der Waals surface area contributed by atoms with Gasteiger partial charge in [-0.25, -0.2) is 9.13 Å². The van der Waals surface area contributed by atoms with Crippen LogP contribution in [0.1, 0.15) is 0 Å². The van der Waals surface area contributed by atoms with E-state index in [0.717, 1.165) is 0 Å². The topological polar surface area (TPSA) is 7.76 Å². The maximum Gasteiger partial charge on any atom is 0.213 e. The quantitative estimate of drug-likeness (QED) is 0.325. The van der Waals surface area contributed by atoms with Crippen molar-refractivity contribution in [3.05, 3.63) is 48.8 Å². The molecule has 2 aromatic carbocycles. The van der Waals surface area contributed by atoms with Crippen molar-refractivity contribution in [3.8, 4) is 0 Å². The molecule has 0 spiro atoms. The molecule has 0 unspecified atom stereocenters. The minimum absolute atomic E-state index is 1.29. The molecular weight excluding hydrogens is 220 g/mol. The Morgan fingerprint density at radius 3 is 1.56 bits per heavy atom. The Labute approximate surface area is 105 Å². The molecule has 0 radical (unpaired) electrons. The lowest BCUT2D eigenvalue weighted by Crippen LogP contribution is -2.32. The van der Waals surface area contributed by atoms with Crippen LogP contribution in [-0.4, -0.2) is 0 Å². The Hall–Kier alpha value is -2.22. The van der Waals surface area contributed by atoms with E-state index in [4.69, 9.17) is 0 Å². The smallest absolute Gasteiger partial charge is 0.200 e. The van der Waals surface area contributed by atoms with Gasteiger partial charge in [0.1, 0.15) is 14.1 Å². The Morgan fingerprint density at radius 1 is 0.667 bits per heavy atom. The first kappa shape index (κ1) is 9.77. The monoisotopic (exact) mass is 234 g/mol. The second kappa shape index (κ2) is 3.16. The molecule has 18 heavy (non-hydrogen) atoms. The molecule has 4 rings (SSSR count). The fraction of sp³-hybridized carbons (Fsp3) is 0.125. The van der Waals surface area contributed by atoms with Crippen LogP contribution < -0.4 is 9.13 Å². The van der Waals surface area contributed by atoms with Crippen molar-refractivity contribution < 1.29 is 9.13 Å². The van der Waals surface area contributed by atoms with Crippen LogP contribution in [0.2, 0.25) is 0 Å². The van der Waals surface area contributed by atoms with Crippen molar-refractivity contribution in [3.63, 3.8) is 0 Å². The van der Waals surface area contributed by atoms with Gasteiger partial charge in [-0.2, -0.15) is 0 Å². The molecule has 0 atom stereocenters. The zero-order valence-electron chi connectivity index (χ0n) is 10.5. The van der Waals surface area contributed by atoms with Crippen LogP contribution in [0.4, 0.5) is 0 Å². The summed E-state index contributed by atoms with van der Waals surface area (Å²) >= 11 is 0. The van der Waals surface area contributed by atoms with E-state index in [1.54, 1.807) is 0 Å². The molecular formula is C16H14N2+2. The molecule has 0 fully saturated rings. The number of rotatable bonds is 0. The zero-order valence-corrected chi connectivity index (χ0v) is 10.5. The summed E-state index contributed by atoms with van der Waals surface area (Å²) in [6.45, 7) is 0. The van der Waals surface area contributed by atoms with Crippen molar-refractivity contribution in [1.29, 1.82) is 0 Å². The Balaban J connectivity index is 2.50. The summed E-state index contributed by atoms with van der Waals surface area (Å²) in [4.78, 5) is 0. The number of hydrogen-bond acceptors (Lipinski definition) is 0. The average molecular weight is 234 g/mol. The van der Waals surface area contributed by atoms with Crippen LogP contribution in [0.25, 0.3) is 32.6 Å². The SMILES string of the molecule is C[n+]1cc2cccc3c2c2c(cccc21)c[n+]3C. The summed E-state index contributed by atoms with van der Waals surface area (Å²) in [5.74, 6) is 0. The van der Waals surface area contributed by atoms with E-state index in [9.17, 15) is 0 Å². The number of nitrogens with zero attached hydrogens (tertiary/aromatic N) is 2. The van der Waals surface area contributed by atoms with Crippen LogP contribution in [0.3, 0.4) is 0 Å². The highest BCUT2D eigenvalue weighted by Gasteiger charge is 2.19. The fourth-order valence-electron chi connectivity index (χ4n) is 3.02. The summed E-state index contributed by atoms with van der Waals surface area (Å²) in [5.41, 5.74) is 2.58. The van der Waals surface area contributed by atoms with Crippen LogP contribution in [-0.2, 0) is 14.1 Å². The molecule has 2 heteroatoms. The van der Waals surface area contributed by atoms with Gasteiger partial charge in [-0.15, -0.1) is 0 Å². The molecule has 0 aliphatic rings. The highest BCUT2D eigenvalue weighted by Crippen LogP contribution is 2.29. The van der Waals surface area contributed by atoms with Gasteiger partial charge in [0.15, 0.2) is 12.4 Å². The third kappa shape index (κ3) is 1.07. The number of pyridine rings is 2. The molecule has 0 saturated carbocycles. The first-order chi connectivity index (χ1) is 8.75. The molecule has 86 valence electrons. The van der Waals surface area contributed by atoms with Gasteiger partial charge in [0.05, 0.1) is 21.5 Å². The minimum Gasteiger partial charge on any atom is -0.200 e. The average Bonchev–Trinajstić information content (AvgIpc) is 2.38. The second-order valence-electron chi connectivity index (χ2n) is 4.96. The maximum absolute atomic E-state index is 2.21. The highest BCUT2D eigenvalue weighted by molar-refractivity contribution is 6.18. The van der Waals surface area contributed by atoms with Gasteiger partial charge >= 0.3 is 0 Å². The molecule has 2 nitrogen and oxygen atoms in total. The van der Waals surface area contributed by atoms with Gasteiger partial charge in [0, 0.05) is 12.1 Å². The van der Waals surface area contributed by atoms with Gasteiger partial charge in [-0.1, -0.05) is 12.1 Å². The summed E-state index contributed by atoms with van der Waals surface area (Å²) in [5, 5.41) is 5.34. The first-order valence-electron chi connectivity index (χ1n) is 6.17. The molecule has 0 aliphatic carbocycles. The lowest BCUT2D eigenvalue weighted by atomic mass is 10.0. The van der Waals surface area contributed by atoms with Gasteiger partial charge in [0.25, 0.3) is 0 Å². The van der Waals surface area contributed by atoms with E-state index >= 15 is 0 Å². The number of benzene rings is 2. The van der Waals surface area contributed by atoms with Crippen molar-refractivity contribution >= 4 is 32.6 Å². The van der Waals surface area contributed by atoms with Gasteiger partial charge in [-0.3, -0.25) is 0 Å². The van der Waals surface area contributed by atoms with Crippen LogP contribution in [0.15, 0.2) is 48.8 Å². The van der Waals surface area contributed by atoms with E-state index in [0.29, 0.717) is 0 Å². The molecule has 2 aromatic heterocycles. The molecule has 0 bridgehead atoms. The molecule has 0 aliphatic heterocycles. The Kier molecular flexibility index (Phi) is 1.72. The Morgan fingerprint density at radius 2 is 1.11 bits per heavy atom.